The summed E-state index contributed by atoms with van der Waals surface area (Å²) >= 11 is 5.34. The Balaban J connectivity index is 1.82. The van der Waals surface area contributed by atoms with E-state index in [0.29, 0.717) is 0 Å². The fourth-order valence-electron chi connectivity index (χ4n) is 4.00. The van der Waals surface area contributed by atoms with E-state index in [9.17, 15) is 9.59 Å². The lowest BCUT2D eigenvalue weighted by molar-refractivity contribution is -0.147. The van der Waals surface area contributed by atoms with E-state index >= 15 is 8.78 Å². The summed E-state index contributed by atoms with van der Waals surface area (Å²) in [6.45, 7) is 2.32. The van der Waals surface area contributed by atoms with Gasteiger partial charge in [-0.15, -0.1) is 0 Å². The molecule has 1 unspecified atom stereocenters. The predicted molar refractivity (Wildman–Crippen MR) is 145 cm³/mol. The van der Waals surface area contributed by atoms with E-state index in [2.05, 4.69) is 10.3 Å². The highest BCUT2D eigenvalue weighted by molar-refractivity contribution is 7.80. The molecule has 0 amide bonds. The lowest BCUT2D eigenvalue weighted by Crippen LogP contribution is -2.34. The number of halogens is 2. The van der Waals surface area contributed by atoms with Crippen molar-refractivity contribution in [3.05, 3.63) is 77.1 Å². The zero-order valence-corrected chi connectivity index (χ0v) is 23.3. The molecule has 3 rings (SSSR count). The Kier molecular flexibility index (Phi) is 10.3. The maximum Gasteiger partial charge on any atom is 0.325 e. The summed E-state index contributed by atoms with van der Waals surface area (Å²) in [5.41, 5.74) is 0.268. The first-order chi connectivity index (χ1) is 19.1. The van der Waals surface area contributed by atoms with Crippen LogP contribution in [0.4, 0.5) is 8.78 Å². The van der Waals surface area contributed by atoms with E-state index in [0.717, 1.165) is 0 Å². The second kappa shape index (κ2) is 13.7. The Morgan fingerprint density at radius 1 is 0.950 bits per heavy atom. The van der Waals surface area contributed by atoms with Crippen molar-refractivity contribution in [3.8, 4) is 23.0 Å². The van der Waals surface area contributed by atoms with Gasteiger partial charge in [-0.2, -0.15) is 0 Å². The standard InChI is InChI=1S/C28H28F2N2O7S/c1-15(38-24(34)14-32-28(40)26-27(39-16(2)33)23(37-5)10-11-31-26)25(19-8-6-17(35-3)12-21(19)29)20-9-7-18(36-4)13-22(20)30/h6-13,15,25H,14H2,1-5H3,(H,32,40). The summed E-state index contributed by atoms with van der Waals surface area (Å²) in [5.74, 6) is -2.97. The molecule has 3 aromatic rings. The van der Waals surface area contributed by atoms with E-state index in [1.165, 1.54) is 83.8 Å². The van der Waals surface area contributed by atoms with Crippen LogP contribution in [0.25, 0.3) is 0 Å². The zero-order chi connectivity index (χ0) is 29.4. The number of hydrogen-bond donors (Lipinski definition) is 1. The number of pyridine rings is 1. The first-order valence-electron chi connectivity index (χ1n) is 12.0. The van der Waals surface area contributed by atoms with Crippen LogP contribution in [0.3, 0.4) is 0 Å². The molecule has 212 valence electrons. The highest BCUT2D eigenvalue weighted by atomic mass is 32.1. The second-order valence-corrected chi connectivity index (χ2v) is 8.82. The monoisotopic (exact) mass is 574 g/mol. The number of thiocarbonyl (C=S) groups is 1. The van der Waals surface area contributed by atoms with Crippen molar-refractivity contribution in [2.75, 3.05) is 27.9 Å². The van der Waals surface area contributed by atoms with Gasteiger partial charge in [0.2, 0.25) is 5.75 Å². The number of nitrogens with one attached hydrogen (secondary N) is 1. The maximum atomic E-state index is 15.1. The van der Waals surface area contributed by atoms with E-state index in [-0.39, 0.29) is 44.8 Å². The molecule has 1 aromatic heterocycles. The molecule has 1 N–H and O–H groups in total. The van der Waals surface area contributed by atoms with E-state index in [4.69, 9.17) is 35.9 Å². The number of ether oxygens (including phenoxy) is 5. The Bertz CT molecular complexity index is 1350. The van der Waals surface area contributed by atoms with E-state index in [1.54, 1.807) is 0 Å². The average molecular weight is 575 g/mol. The smallest absolute Gasteiger partial charge is 0.325 e. The summed E-state index contributed by atoms with van der Waals surface area (Å²) in [5, 5.41) is 2.71. The average Bonchev–Trinajstić information content (AvgIpc) is 2.93. The summed E-state index contributed by atoms with van der Waals surface area (Å²) < 4.78 is 56.4. The first-order valence-corrected chi connectivity index (χ1v) is 12.4. The van der Waals surface area contributed by atoms with Gasteiger partial charge in [0.15, 0.2) is 5.75 Å². The molecule has 1 heterocycles. The Morgan fingerprint density at radius 3 is 2.00 bits per heavy atom. The van der Waals surface area contributed by atoms with Gasteiger partial charge in [-0.25, -0.2) is 13.8 Å². The Labute approximate surface area is 235 Å². The number of rotatable bonds is 11. The van der Waals surface area contributed by atoms with Crippen LogP contribution >= 0.6 is 12.2 Å². The van der Waals surface area contributed by atoms with E-state index < -0.39 is 42.1 Å². The highest BCUT2D eigenvalue weighted by Crippen LogP contribution is 2.36. The van der Waals surface area contributed by atoms with Crippen LogP contribution in [0.1, 0.15) is 36.6 Å². The van der Waals surface area contributed by atoms with Crippen molar-refractivity contribution in [2.24, 2.45) is 0 Å². The van der Waals surface area contributed by atoms with Crippen LogP contribution in [0.15, 0.2) is 48.7 Å². The third kappa shape index (κ3) is 7.20. The molecule has 0 aliphatic rings. The minimum atomic E-state index is -1.01. The number of aromatic nitrogens is 1. The van der Waals surface area contributed by atoms with Crippen LogP contribution in [0.2, 0.25) is 0 Å². The number of esters is 2. The molecule has 2 aromatic carbocycles. The largest absolute Gasteiger partial charge is 0.497 e. The second-order valence-electron chi connectivity index (χ2n) is 8.41. The van der Waals surface area contributed by atoms with Gasteiger partial charge >= 0.3 is 11.9 Å². The summed E-state index contributed by atoms with van der Waals surface area (Å²) in [6.07, 6.45) is 0.382. The van der Waals surface area contributed by atoms with Gasteiger partial charge < -0.3 is 29.0 Å². The fourth-order valence-corrected chi connectivity index (χ4v) is 4.21. The van der Waals surface area contributed by atoms with Gasteiger partial charge in [0.25, 0.3) is 0 Å². The van der Waals surface area contributed by atoms with Gasteiger partial charge in [0.1, 0.15) is 46.5 Å². The number of benzene rings is 2. The number of nitrogens with zero attached hydrogens (tertiary/aromatic N) is 1. The summed E-state index contributed by atoms with van der Waals surface area (Å²) in [4.78, 5) is 28.5. The quantitative estimate of drug-likeness (QED) is 0.263. The van der Waals surface area contributed by atoms with Crippen molar-refractivity contribution in [2.45, 2.75) is 25.9 Å². The third-order valence-corrected chi connectivity index (χ3v) is 6.15. The topological polar surface area (TPSA) is 105 Å². The highest BCUT2D eigenvalue weighted by Gasteiger charge is 2.30. The normalized spacial score (nSPS) is 11.4. The van der Waals surface area contributed by atoms with Crippen LogP contribution in [-0.4, -0.2) is 55.9 Å². The van der Waals surface area contributed by atoms with E-state index in [1.807, 2.05) is 0 Å². The lowest BCUT2D eigenvalue weighted by atomic mass is 9.86. The number of methoxy groups -OCH3 is 3. The van der Waals surface area contributed by atoms with Gasteiger partial charge in [0, 0.05) is 31.3 Å². The summed E-state index contributed by atoms with van der Waals surface area (Å²) in [6, 6.07) is 9.78. The number of carbonyl (C=O) groups excluding carboxylic acids is 2. The van der Waals surface area contributed by atoms with Crippen LogP contribution < -0.4 is 24.3 Å². The molecular formula is C28H28F2N2O7S. The lowest BCUT2D eigenvalue weighted by Gasteiger charge is -2.26. The molecule has 0 saturated heterocycles. The third-order valence-electron chi connectivity index (χ3n) is 5.81. The van der Waals surface area contributed by atoms with Crippen molar-refractivity contribution in [3.63, 3.8) is 0 Å². The number of carbonyl (C=O) groups is 2. The molecule has 0 bridgehead atoms. The zero-order valence-electron chi connectivity index (χ0n) is 22.4. The predicted octanol–water partition coefficient (Wildman–Crippen LogP) is 4.34. The Morgan fingerprint density at radius 2 is 1.52 bits per heavy atom. The van der Waals surface area contributed by atoms with Crippen molar-refractivity contribution in [1.82, 2.24) is 10.3 Å². The van der Waals surface area contributed by atoms with Crippen LogP contribution in [0, 0.1) is 11.6 Å². The molecule has 0 aliphatic carbocycles. The Hall–Kier alpha value is -4.32. The van der Waals surface area contributed by atoms with Crippen LogP contribution in [-0.2, 0) is 14.3 Å². The van der Waals surface area contributed by atoms with Crippen molar-refractivity contribution < 1.29 is 42.1 Å². The van der Waals surface area contributed by atoms with Crippen molar-refractivity contribution in [1.29, 1.82) is 0 Å². The number of hydrogen-bond acceptors (Lipinski definition) is 9. The minimum Gasteiger partial charge on any atom is -0.497 e. The molecule has 0 spiro atoms. The fraction of sp³-hybridized carbons (Fsp3) is 0.286. The van der Waals surface area contributed by atoms with Crippen molar-refractivity contribution >= 4 is 29.1 Å². The molecule has 12 heteroatoms. The van der Waals surface area contributed by atoms with Gasteiger partial charge in [-0.3, -0.25) is 9.59 Å². The molecule has 0 fully saturated rings. The minimum absolute atomic E-state index is 0.0123. The molecule has 40 heavy (non-hydrogen) atoms. The SMILES string of the molecule is COc1ccc(C(c2ccc(OC)cc2F)C(C)OC(=O)CNC(=S)c2nccc(OC)c2OC(C)=O)c(F)c1. The van der Waals surface area contributed by atoms with Gasteiger partial charge in [0.05, 0.1) is 27.2 Å². The molecule has 1 atom stereocenters. The van der Waals surface area contributed by atoms with Gasteiger partial charge in [-0.05, 0) is 30.2 Å². The maximum absolute atomic E-state index is 15.1. The molecule has 0 saturated carbocycles. The molecule has 0 radical (unpaired) electrons. The molecule has 9 nitrogen and oxygen atoms in total. The first kappa shape index (κ1) is 30.2. The van der Waals surface area contributed by atoms with Gasteiger partial charge in [-0.1, -0.05) is 24.4 Å². The summed E-state index contributed by atoms with van der Waals surface area (Å²) in [7, 11) is 4.18. The molecular weight excluding hydrogens is 546 g/mol. The van der Waals surface area contributed by atoms with Crippen LogP contribution in [0.5, 0.6) is 23.0 Å². The molecule has 0 aliphatic heterocycles.